The van der Waals surface area contributed by atoms with Gasteiger partial charge in [0.05, 0.1) is 0 Å². The van der Waals surface area contributed by atoms with E-state index in [0.29, 0.717) is 0 Å². The summed E-state index contributed by atoms with van der Waals surface area (Å²) in [5, 5.41) is 0. The lowest BCUT2D eigenvalue weighted by Crippen LogP contribution is -2.44. The number of benzene rings is 1. The van der Waals surface area contributed by atoms with Gasteiger partial charge in [0.15, 0.2) is 0 Å². The SMILES string of the molecule is NC1CC2(CCCCC2)Oc2ccccc21. The molecule has 86 valence electrons. The molecular weight excluding hydrogens is 198 g/mol. The summed E-state index contributed by atoms with van der Waals surface area (Å²) in [4.78, 5) is 0. The molecule has 0 radical (unpaired) electrons. The van der Waals surface area contributed by atoms with Crippen molar-refractivity contribution in [3.63, 3.8) is 0 Å². The number of hydrogen-bond acceptors (Lipinski definition) is 2. The van der Waals surface area contributed by atoms with Gasteiger partial charge < -0.3 is 10.5 Å². The highest BCUT2D eigenvalue weighted by Gasteiger charge is 2.40. The zero-order valence-electron chi connectivity index (χ0n) is 9.61. The van der Waals surface area contributed by atoms with Gasteiger partial charge in [0.1, 0.15) is 11.4 Å². The van der Waals surface area contributed by atoms with Gasteiger partial charge in [-0.15, -0.1) is 0 Å². The second-order valence-corrected chi connectivity index (χ2v) is 5.19. The molecular formula is C14H19NO. The van der Waals surface area contributed by atoms with E-state index >= 15 is 0 Å². The molecule has 1 aromatic carbocycles. The summed E-state index contributed by atoms with van der Waals surface area (Å²) in [6.07, 6.45) is 7.26. The molecule has 1 heterocycles. The van der Waals surface area contributed by atoms with Gasteiger partial charge in [-0.3, -0.25) is 0 Å². The highest BCUT2D eigenvalue weighted by Crippen LogP contribution is 2.44. The van der Waals surface area contributed by atoms with Crippen molar-refractivity contribution < 1.29 is 4.74 Å². The lowest BCUT2D eigenvalue weighted by Gasteiger charge is -2.43. The van der Waals surface area contributed by atoms with Crippen molar-refractivity contribution in [3.8, 4) is 5.75 Å². The summed E-state index contributed by atoms with van der Waals surface area (Å²) in [6, 6.07) is 8.39. The Balaban J connectivity index is 1.93. The van der Waals surface area contributed by atoms with Crippen molar-refractivity contribution in [1.29, 1.82) is 0 Å². The van der Waals surface area contributed by atoms with E-state index in [-0.39, 0.29) is 11.6 Å². The van der Waals surface area contributed by atoms with Crippen LogP contribution in [0.2, 0.25) is 0 Å². The highest BCUT2D eigenvalue weighted by molar-refractivity contribution is 5.38. The molecule has 0 saturated heterocycles. The number of nitrogens with two attached hydrogens (primary N) is 1. The Kier molecular flexibility index (Phi) is 2.40. The number of hydrogen-bond donors (Lipinski definition) is 1. The first kappa shape index (κ1) is 10.2. The molecule has 3 rings (SSSR count). The highest BCUT2D eigenvalue weighted by atomic mass is 16.5. The van der Waals surface area contributed by atoms with E-state index in [4.69, 9.17) is 10.5 Å². The van der Waals surface area contributed by atoms with Gasteiger partial charge >= 0.3 is 0 Å². The second-order valence-electron chi connectivity index (χ2n) is 5.19. The predicted molar refractivity (Wildman–Crippen MR) is 64.4 cm³/mol. The molecule has 1 aliphatic carbocycles. The first-order valence-corrected chi connectivity index (χ1v) is 6.33. The quantitative estimate of drug-likeness (QED) is 0.724. The van der Waals surface area contributed by atoms with Gasteiger partial charge in [-0.2, -0.15) is 0 Å². The van der Waals surface area contributed by atoms with Crippen LogP contribution in [0, 0.1) is 0 Å². The average Bonchev–Trinajstić information content (AvgIpc) is 2.30. The molecule has 0 aromatic heterocycles. The lowest BCUT2D eigenvalue weighted by molar-refractivity contribution is 0.00195. The van der Waals surface area contributed by atoms with E-state index in [2.05, 4.69) is 12.1 Å². The zero-order valence-corrected chi connectivity index (χ0v) is 9.61. The summed E-state index contributed by atoms with van der Waals surface area (Å²) in [5.74, 6) is 1.02. The molecule has 1 saturated carbocycles. The van der Waals surface area contributed by atoms with Gasteiger partial charge in [-0.25, -0.2) is 0 Å². The minimum absolute atomic E-state index is 0.0476. The number of para-hydroxylation sites is 1. The van der Waals surface area contributed by atoms with Gasteiger partial charge in [-0.05, 0) is 31.7 Å². The third-order valence-electron chi connectivity index (χ3n) is 4.00. The van der Waals surface area contributed by atoms with Gasteiger partial charge in [0.2, 0.25) is 0 Å². The maximum Gasteiger partial charge on any atom is 0.124 e. The van der Waals surface area contributed by atoms with Crippen molar-refractivity contribution in [2.45, 2.75) is 50.2 Å². The van der Waals surface area contributed by atoms with E-state index in [1.807, 2.05) is 12.1 Å². The van der Waals surface area contributed by atoms with E-state index in [0.717, 1.165) is 12.2 Å². The van der Waals surface area contributed by atoms with Crippen LogP contribution >= 0.6 is 0 Å². The van der Waals surface area contributed by atoms with Crippen LogP contribution in [0.15, 0.2) is 24.3 Å². The van der Waals surface area contributed by atoms with Crippen molar-refractivity contribution >= 4 is 0 Å². The summed E-state index contributed by atoms with van der Waals surface area (Å²) in [7, 11) is 0. The Hall–Kier alpha value is -1.02. The lowest BCUT2D eigenvalue weighted by atomic mass is 9.77. The Labute approximate surface area is 96.8 Å². The van der Waals surface area contributed by atoms with Crippen molar-refractivity contribution in [2.24, 2.45) is 5.73 Å². The van der Waals surface area contributed by atoms with Crippen LogP contribution in [0.25, 0.3) is 0 Å². The fourth-order valence-electron chi connectivity index (χ4n) is 3.17. The van der Waals surface area contributed by atoms with E-state index in [1.165, 1.54) is 37.7 Å². The topological polar surface area (TPSA) is 35.2 Å². The monoisotopic (exact) mass is 217 g/mol. The minimum Gasteiger partial charge on any atom is -0.487 e. The van der Waals surface area contributed by atoms with Crippen molar-refractivity contribution in [2.75, 3.05) is 0 Å². The number of fused-ring (bicyclic) bond motifs is 1. The maximum atomic E-state index is 6.27. The van der Waals surface area contributed by atoms with Gasteiger partial charge in [0, 0.05) is 18.0 Å². The predicted octanol–water partition coefficient (Wildman–Crippen LogP) is 3.17. The summed E-state index contributed by atoms with van der Waals surface area (Å²) in [5.41, 5.74) is 7.50. The van der Waals surface area contributed by atoms with Crippen molar-refractivity contribution in [3.05, 3.63) is 29.8 Å². The van der Waals surface area contributed by atoms with E-state index in [1.54, 1.807) is 0 Å². The molecule has 2 nitrogen and oxygen atoms in total. The molecule has 1 unspecified atom stereocenters. The third kappa shape index (κ3) is 1.61. The molecule has 0 amide bonds. The first-order valence-electron chi connectivity index (χ1n) is 6.33. The van der Waals surface area contributed by atoms with Gasteiger partial charge in [-0.1, -0.05) is 24.6 Å². The zero-order chi connectivity index (χ0) is 11.0. The third-order valence-corrected chi connectivity index (χ3v) is 4.00. The molecule has 1 atom stereocenters. The summed E-state index contributed by atoms with van der Waals surface area (Å²) in [6.45, 7) is 0. The van der Waals surface area contributed by atoms with Crippen molar-refractivity contribution in [1.82, 2.24) is 0 Å². The Morgan fingerprint density at radius 1 is 1.12 bits per heavy atom. The van der Waals surface area contributed by atoms with Crippen LogP contribution in [0.3, 0.4) is 0 Å². The Morgan fingerprint density at radius 3 is 2.69 bits per heavy atom. The molecule has 0 bridgehead atoms. The molecule has 1 aromatic rings. The molecule has 2 aliphatic rings. The Morgan fingerprint density at radius 2 is 1.88 bits per heavy atom. The summed E-state index contributed by atoms with van der Waals surface area (Å²) < 4.78 is 6.25. The molecule has 1 spiro atoms. The van der Waals surface area contributed by atoms with Crippen LogP contribution in [0.5, 0.6) is 5.75 Å². The van der Waals surface area contributed by atoms with Crippen LogP contribution in [0.1, 0.15) is 50.1 Å². The Bertz CT molecular complexity index is 382. The normalized spacial score (nSPS) is 27.2. The molecule has 16 heavy (non-hydrogen) atoms. The van der Waals surface area contributed by atoms with Crippen LogP contribution in [0.4, 0.5) is 0 Å². The minimum atomic E-state index is 0.0476. The average molecular weight is 217 g/mol. The van der Waals surface area contributed by atoms with Crippen LogP contribution in [-0.2, 0) is 0 Å². The first-order chi connectivity index (χ1) is 7.79. The van der Waals surface area contributed by atoms with Gasteiger partial charge in [0.25, 0.3) is 0 Å². The maximum absolute atomic E-state index is 6.27. The molecule has 2 N–H and O–H groups in total. The fourth-order valence-corrected chi connectivity index (χ4v) is 3.17. The van der Waals surface area contributed by atoms with E-state index in [9.17, 15) is 0 Å². The number of rotatable bonds is 0. The largest absolute Gasteiger partial charge is 0.487 e. The fraction of sp³-hybridized carbons (Fsp3) is 0.571. The smallest absolute Gasteiger partial charge is 0.124 e. The second kappa shape index (κ2) is 3.77. The molecule has 1 aliphatic heterocycles. The number of ether oxygens (including phenoxy) is 1. The standard InChI is InChI=1S/C14H19NO/c15-12-10-14(8-4-1-5-9-14)16-13-7-3-2-6-11(12)13/h2-3,6-7,12H,1,4-5,8-10,15H2. The molecule has 2 heteroatoms. The van der Waals surface area contributed by atoms with Crippen LogP contribution in [-0.4, -0.2) is 5.60 Å². The summed E-state index contributed by atoms with van der Waals surface area (Å²) >= 11 is 0. The van der Waals surface area contributed by atoms with E-state index < -0.39 is 0 Å². The van der Waals surface area contributed by atoms with Crippen LogP contribution < -0.4 is 10.5 Å². The molecule has 1 fully saturated rings.